The van der Waals surface area contributed by atoms with Crippen LogP contribution >= 0.6 is 47.8 Å². The first-order chi connectivity index (χ1) is 14.4. The summed E-state index contributed by atoms with van der Waals surface area (Å²) in [5.41, 5.74) is 0.901. The van der Waals surface area contributed by atoms with Crippen LogP contribution in [-0.2, 0) is 23.9 Å². The zero-order valence-electron chi connectivity index (χ0n) is 18.1. The second-order valence-electron chi connectivity index (χ2n) is 5.84. The van der Waals surface area contributed by atoms with E-state index in [2.05, 4.69) is 79.2 Å². The van der Waals surface area contributed by atoms with E-state index in [4.69, 9.17) is 9.47 Å². The molecule has 1 aromatic rings. The maximum Gasteiger partial charge on any atom is 0.335 e. The molecule has 31 heavy (non-hydrogen) atoms. The number of halogens is 3. The predicted molar refractivity (Wildman–Crippen MR) is 133 cm³/mol. The molecule has 0 aromatic heterocycles. The lowest BCUT2D eigenvalue weighted by molar-refractivity contribution is -0.139. The summed E-state index contributed by atoms with van der Waals surface area (Å²) in [5.74, 6) is -0.668. The highest BCUT2D eigenvalue weighted by Gasteiger charge is 2.10. The average Bonchev–Trinajstić information content (AvgIpc) is 2.74. The Balaban J connectivity index is 0. The molecule has 6 nitrogen and oxygen atoms in total. The Morgan fingerprint density at radius 1 is 1.00 bits per heavy atom. The zero-order valence-corrected chi connectivity index (χ0v) is 22.8. The van der Waals surface area contributed by atoms with Crippen LogP contribution in [0, 0.1) is 0 Å². The Kier molecular flexibility index (Phi) is 18.2. The fourth-order valence-corrected chi connectivity index (χ4v) is 2.69. The first kappa shape index (κ1) is 31.5. The van der Waals surface area contributed by atoms with E-state index >= 15 is 0 Å². The van der Waals surface area contributed by atoms with E-state index in [-0.39, 0.29) is 11.9 Å². The molecule has 0 aliphatic heterocycles. The summed E-state index contributed by atoms with van der Waals surface area (Å²) in [4.78, 5) is 31.8. The van der Waals surface area contributed by atoms with Crippen molar-refractivity contribution < 1.29 is 28.6 Å². The third kappa shape index (κ3) is 14.8. The fraction of sp³-hybridized carbons (Fsp3) is 0.318. The third-order valence-electron chi connectivity index (χ3n) is 2.99. The summed E-state index contributed by atoms with van der Waals surface area (Å²) in [6, 6.07) is 3.46. The van der Waals surface area contributed by atoms with E-state index < -0.39 is 5.97 Å². The molecule has 0 aliphatic rings. The van der Waals surface area contributed by atoms with Crippen LogP contribution in [0.15, 0.2) is 62.5 Å². The Labute approximate surface area is 209 Å². The van der Waals surface area contributed by atoms with Gasteiger partial charge in [-0.15, -0.1) is 0 Å². The van der Waals surface area contributed by atoms with Crippen LogP contribution in [0.4, 0.5) is 0 Å². The van der Waals surface area contributed by atoms with Gasteiger partial charge in [0.2, 0.25) is 0 Å². The van der Waals surface area contributed by atoms with Crippen LogP contribution < -0.4 is 4.74 Å². The molecule has 9 heteroatoms. The molecule has 0 radical (unpaired) electrons. The lowest BCUT2D eigenvalue weighted by atomic mass is 10.3. The maximum atomic E-state index is 10.9. The van der Waals surface area contributed by atoms with Crippen LogP contribution in [0.1, 0.15) is 33.6 Å². The van der Waals surface area contributed by atoms with Gasteiger partial charge in [-0.2, -0.15) is 0 Å². The smallest absolute Gasteiger partial charge is 0.335 e. The van der Waals surface area contributed by atoms with E-state index in [1.54, 1.807) is 26.0 Å². The Morgan fingerprint density at radius 3 is 1.94 bits per heavy atom. The van der Waals surface area contributed by atoms with Crippen molar-refractivity contribution in [2.24, 2.45) is 0 Å². The van der Waals surface area contributed by atoms with E-state index in [0.717, 1.165) is 27.9 Å². The Morgan fingerprint density at radius 2 is 1.55 bits per heavy atom. The summed E-state index contributed by atoms with van der Waals surface area (Å²) >= 11 is 9.96. The van der Waals surface area contributed by atoms with Crippen LogP contribution in [0.25, 0.3) is 0 Å². The molecule has 0 saturated heterocycles. The zero-order chi connectivity index (χ0) is 24.6. The molecule has 1 rings (SSSR count). The molecule has 172 valence electrons. The first-order valence-corrected chi connectivity index (χ1v) is 11.3. The molecule has 0 heterocycles. The molecule has 0 fully saturated rings. The van der Waals surface area contributed by atoms with Gasteiger partial charge in [-0.1, -0.05) is 33.1 Å². The summed E-state index contributed by atoms with van der Waals surface area (Å²) in [6.45, 7) is 15.9. The molecular formula is C22H27Br3O6. The van der Waals surface area contributed by atoms with Gasteiger partial charge in [0.25, 0.3) is 0 Å². The number of hydrogen-bond donors (Lipinski definition) is 0. The van der Waals surface area contributed by atoms with Crippen molar-refractivity contribution in [3.63, 3.8) is 0 Å². The molecule has 0 spiro atoms. The standard InChI is InChI=1S/C9H5Br3O2.C8H14O2.C5H8O2/c1-2-7(13)14-6-4-3-5(10)8(11)9(6)12;1-4-5-6-10-8(9)7(2)3;1-4(2)5(6)7-3/h2-4H,1H2;2,4-6H2,1,3H3;1H2,2-3H3. The van der Waals surface area contributed by atoms with E-state index in [1.165, 1.54) is 7.11 Å². The molecule has 0 aliphatic carbocycles. The third-order valence-corrected chi connectivity index (χ3v) is 6.33. The van der Waals surface area contributed by atoms with Crippen molar-refractivity contribution >= 4 is 65.7 Å². The van der Waals surface area contributed by atoms with Gasteiger partial charge in [-0.05, 0) is 80.2 Å². The first-order valence-electron chi connectivity index (χ1n) is 8.96. The van der Waals surface area contributed by atoms with Gasteiger partial charge in [0.05, 0.1) is 18.2 Å². The van der Waals surface area contributed by atoms with Gasteiger partial charge in [-0.3, -0.25) is 0 Å². The minimum atomic E-state index is -0.486. The quantitative estimate of drug-likeness (QED) is 0.110. The summed E-state index contributed by atoms with van der Waals surface area (Å²) in [7, 11) is 1.33. The number of rotatable bonds is 7. The number of carbonyl (C=O) groups is 3. The lowest BCUT2D eigenvalue weighted by Crippen LogP contribution is -2.05. The van der Waals surface area contributed by atoms with Gasteiger partial charge < -0.3 is 14.2 Å². The van der Waals surface area contributed by atoms with Crippen molar-refractivity contribution in [2.45, 2.75) is 33.6 Å². The number of methoxy groups -OCH3 is 1. The van der Waals surface area contributed by atoms with Crippen LogP contribution in [-0.4, -0.2) is 31.6 Å². The number of hydrogen-bond acceptors (Lipinski definition) is 6. The predicted octanol–water partition coefficient (Wildman–Crippen LogP) is 6.71. The van der Waals surface area contributed by atoms with Crippen LogP contribution in [0.5, 0.6) is 5.75 Å². The maximum absolute atomic E-state index is 10.9. The van der Waals surface area contributed by atoms with Gasteiger partial charge in [-0.25, -0.2) is 14.4 Å². The van der Waals surface area contributed by atoms with Gasteiger partial charge in [0.1, 0.15) is 5.75 Å². The number of benzene rings is 1. The number of ether oxygens (including phenoxy) is 3. The van der Waals surface area contributed by atoms with Gasteiger partial charge in [0, 0.05) is 26.2 Å². The normalized spacial score (nSPS) is 9.00. The minimum Gasteiger partial charge on any atom is -0.466 e. The fourth-order valence-electron chi connectivity index (χ4n) is 1.34. The lowest BCUT2D eigenvalue weighted by Gasteiger charge is -2.06. The van der Waals surface area contributed by atoms with E-state index in [0.29, 0.717) is 28.0 Å². The van der Waals surface area contributed by atoms with Crippen molar-refractivity contribution in [3.05, 3.63) is 62.5 Å². The molecule has 0 unspecified atom stereocenters. The van der Waals surface area contributed by atoms with Gasteiger partial charge >= 0.3 is 17.9 Å². The molecular weight excluding hydrogens is 600 g/mol. The van der Waals surface area contributed by atoms with Crippen molar-refractivity contribution in [1.29, 1.82) is 0 Å². The monoisotopic (exact) mass is 624 g/mol. The molecule has 0 amide bonds. The van der Waals surface area contributed by atoms with Crippen molar-refractivity contribution in [3.8, 4) is 5.75 Å². The topological polar surface area (TPSA) is 78.9 Å². The van der Waals surface area contributed by atoms with Crippen molar-refractivity contribution in [1.82, 2.24) is 0 Å². The van der Waals surface area contributed by atoms with Gasteiger partial charge in [0.15, 0.2) is 0 Å². The summed E-state index contributed by atoms with van der Waals surface area (Å²) in [5, 5.41) is 0. The summed E-state index contributed by atoms with van der Waals surface area (Å²) < 4.78 is 16.4. The number of esters is 3. The number of carbonyl (C=O) groups excluding carboxylic acids is 3. The highest BCUT2D eigenvalue weighted by Crippen LogP contribution is 2.37. The Hall–Kier alpha value is -1.71. The van der Waals surface area contributed by atoms with Crippen LogP contribution in [0.3, 0.4) is 0 Å². The second kappa shape index (κ2) is 17.9. The number of unbranched alkanes of at least 4 members (excludes halogenated alkanes) is 1. The highest BCUT2D eigenvalue weighted by atomic mass is 79.9. The molecule has 1 aromatic carbocycles. The molecule has 0 bridgehead atoms. The minimum absolute atomic E-state index is 0.284. The SMILES string of the molecule is C=C(C)C(=O)OC.C=C(C)C(=O)OCCCC.C=CC(=O)Oc1ccc(Br)c(Br)c1Br. The van der Waals surface area contributed by atoms with E-state index in [9.17, 15) is 14.4 Å². The molecule has 0 saturated carbocycles. The Bertz CT molecular complexity index is 803. The summed E-state index contributed by atoms with van der Waals surface area (Å²) in [6.07, 6.45) is 3.09. The van der Waals surface area contributed by atoms with E-state index in [1.807, 2.05) is 0 Å². The molecule has 0 atom stereocenters. The van der Waals surface area contributed by atoms with Crippen molar-refractivity contribution in [2.75, 3.05) is 13.7 Å². The van der Waals surface area contributed by atoms with Crippen LogP contribution in [0.2, 0.25) is 0 Å². The largest absolute Gasteiger partial charge is 0.466 e. The second-order valence-corrected chi connectivity index (χ2v) is 8.28. The highest BCUT2D eigenvalue weighted by molar-refractivity contribution is 9.14. The molecule has 0 N–H and O–H groups in total. The average molecular weight is 627 g/mol.